The van der Waals surface area contributed by atoms with Crippen molar-refractivity contribution in [3.63, 3.8) is 0 Å². The van der Waals surface area contributed by atoms with E-state index in [4.69, 9.17) is 15.2 Å². The van der Waals surface area contributed by atoms with Crippen molar-refractivity contribution in [1.82, 2.24) is 5.32 Å². The van der Waals surface area contributed by atoms with Crippen LogP contribution in [-0.2, 0) is 9.47 Å². The number of carbonyl (C=O) groups excluding carboxylic acids is 1. The summed E-state index contributed by atoms with van der Waals surface area (Å²) in [6.07, 6.45) is 0. The third-order valence-corrected chi connectivity index (χ3v) is 2.26. The third-order valence-electron chi connectivity index (χ3n) is 2.26. The van der Waals surface area contributed by atoms with Crippen LogP contribution in [0.15, 0.2) is 18.2 Å². The Hall–Kier alpha value is -1.66. The molecule has 1 rings (SSSR count). The number of anilines is 1. The van der Waals surface area contributed by atoms with Gasteiger partial charge in [0.25, 0.3) is 5.91 Å². The Kier molecular flexibility index (Phi) is 6.10. The molecule has 0 aliphatic carbocycles. The lowest BCUT2D eigenvalue weighted by molar-refractivity contribution is 0.0693. The molecule has 3 N–H and O–H groups in total. The molecule has 0 bridgehead atoms. The van der Waals surface area contributed by atoms with Crippen LogP contribution in [0, 0.1) is 5.82 Å². The molecule has 1 aromatic carbocycles. The SMILES string of the molecule is COCCOCCNC(=O)c1cccc(F)c1N. The van der Waals surface area contributed by atoms with Gasteiger partial charge in [-0.1, -0.05) is 6.07 Å². The fourth-order valence-corrected chi connectivity index (χ4v) is 1.31. The van der Waals surface area contributed by atoms with Crippen LogP contribution in [0.5, 0.6) is 0 Å². The highest BCUT2D eigenvalue weighted by molar-refractivity contribution is 5.99. The highest BCUT2D eigenvalue weighted by Gasteiger charge is 2.11. The van der Waals surface area contributed by atoms with Crippen molar-refractivity contribution >= 4 is 11.6 Å². The molecule has 1 aromatic rings. The van der Waals surface area contributed by atoms with Gasteiger partial charge in [0, 0.05) is 13.7 Å². The molecule has 0 saturated carbocycles. The maximum absolute atomic E-state index is 13.1. The Morgan fingerprint density at radius 1 is 1.39 bits per heavy atom. The monoisotopic (exact) mass is 256 g/mol. The van der Waals surface area contributed by atoms with Crippen LogP contribution in [-0.4, -0.2) is 39.4 Å². The topological polar surface area (TPSA) is 73.6 Å². The Balaban J connectivity index is 2.35. The summed E-state index contributed by atoms with van der Waals surface area (Å²) in [5.41, 5.74) is 5.46. The zero-order valence-electron chi connectivity index (χ0n) is 10.2. The number of amides is 1. The van der Waals surface area contributed by atoms with Crippen LogP contribution in [0.4, 0.5) is 10.1 Å². The molecule has 5 nitrogen and oxygen atoms in total. The second kappa shape index (κ2) is 7.62. The molecule has 0 fully saturated rings. The van der Waals surface area contributed by atoms with Crippen molar-refractivity contribution in [2.24, 2.45) is 0 Å². The lowest BCUT2D eigenvalue weighted by Crippen LogP contribution is -2.28. The van der Waals surface area contributed by atoms with Crippen molar-refractivity contribution in [3.8, 4) is 0 Å². The van der Waals surface area contributed by atoms with Gasteiger partial charge in [-0.2, -0.15) is 0 Å². The maximum Gasteiger partial charge on any atom is 0.253 e. The first-order chi connectivity index (χ1) is 8.66. The summed E-state index contributed by atoms with van der Waals surface area (Å²) in [5.74, 6) is -1.01. The van der Waals surface area contributed by atoms with Crippen LogP contribution in [0.2, 0.25) is 0 Å². The van der Waals surface area contributed by atoms with E-state index in [2.05, 4.69) is 5.32 Å². The van der Waals surface area contributed by atoms with Gasteiger partial charge in [0.1, 0.15) is 5.82 Å². The molecule has 0 aliphatic heterocycles. The zero-order chi connectivity index (χ0) is 13.4. The van der Waals surface area contributed by atoms with E-state index in [1.54, 1.807) is 7.11 Å². The minimum absolute atomic E-state index is 0.131. The predicted octanol–water partition coefficient (Wildman–Crippen LogP) is 0.801. The molecular weight excluding hydrogens is 239 g/mol. The predicted molar refractivity (Wildman–Crippen MR) is 65.8 cm³/mol. The number of para-hydroxylation sites is 1. The van der Waals surface area contributed by atoms with Crippen LogP contribution in [0.25, 0.3) is 0 Å². The summed E-state index contributed by atoms with van der Waals surface area (Å²) in [7, 11) is 1.58. The van der Waals surface area contributed by atoms with Crippen molar-refractivity contribution in [2.45, 2.75) is 0 Å². The largest absolute Gasteiger partial charge is 0.396 e. The number of halogens is 1. The van der Waals surface area contributed by atoms with E-state index in [9.17, 15) is 9.18 Å². The molecule has 1 amide bonds. The minimum atomic E-state index is -0.598. The average Bonchev–Trinajstić information content (AvgIpc) is 2.36. The summed E-state index contributed by atoms with van der Waals surface area (Å²) >= 11 is 0. The molecule has 0 aromatic heterocycles. The quantitative estimate of drug-likeness (QED) is 0.559. The van der Waals surface area contributed by atoms with Gasteiger partial charge >= 0.3 is 0 Å². The maximum atomic E-state index is 13.1. The fraction of sp³-hybridized carbons (Fsp3) is 0.417. The lowest BCUT2D eigenvalue weighted by Gasteiger charge is -2.08. The van der Waals surface area contributed by atoms with E-state index < -0.39 is 11.7 Å². The molecule has 0 aliphatic rings. The summed E-state index contributed by atoms with van der Waals surface area (Å²) in [5, 5.41) is 2.59. The van der Waals surface area contributed by atoms with Crippen molar-refractivity contribution < 1.29 is 18.7 Å². The molecular formula is C12H17FN2O3. The van der Waals surface area contributed by atoms with Gasteiger partial charge in [0.2, 0.25) is 0 Å². The molecule has 100 valence electrons. The average molecular weight is 256 g/mol. The van der Waals surface area contributed by atoms with Gasteiger partial charge in [-0.05, 0) is 12.1 Å². The molecule has 0 heterocycles. The number of rotatable bonds is 7. The van der Waals surface area contributed by atoms with E-state index in [0.29, 0.717) is 26.4 Å². The number of nitrogens with two attached hydrogens (primary N) is 1. The minimum Gasteiger partial charge on any atom is -0.396 e. The Labute approximate surface area is 105 Å². The first-order valence-electron chi connectivity index (χ1n) is 5.55. The number of ether oxygens (including phenoxy) is 2. The highest BCUT2D eigenvalue weighted by atomic mass is 19.1. The zero-order valence-corrected chi connectivity index (χ0v) is 10.2. The van der Waals surface area contributed by atoms with Gasteiger partial charge in [0.05, 0.1) is 31.1 Å². The van der Waals surface area contributed by atoms with Crippen molar-refractivity contribution in [3.05, 3.63) is 29.6 Å². The Morgan fingerprint density at radius 3 is 2.89 bits per heavy atom. The number of benzene rings is 1. The molecule has 6 heteroatoms. The summed E-state index contributed by atoms with van der Waals surface area (Å²) in [4.78, 5) is 11.7. The van der Waals surface area contributed by atoms with Crippen molar-refractivity contribution in [2.75, 3.05) is 39.2 Å². The Bertz CT molecular complexity index is 399. The molecule has 0 saturated heterocycles. The molecule has 0 unspecified atom stereocenters. The summed E-state index contributed by atoms with van der Waals surface area (Å²) < 4.78 is 23.1. The van der Waals surface area contributed by atoms with Crippen LogP contribution in [0.1, 0.15) is 10.4 Å². The first-order valence-corrected chi connectivity index (χ1v) is 5.55. The standard InChI is InChI=1S/C12H17FN2O3/c1-17-7-8-18-6-5-15-12(16)9-3-2-4-10(13)11(9)14/h2-4H,5-8,14H2,1H3,(H,15,16). The van der Waals surface area contributed by atoms with E-state index in [1.807, 2.05) is 0 Å². The summed E-state index contributed by atoms with van der Waals surface area (Å²) in [6.45, 7) is 1.67. The van der Waals surface area contributed by atoms with E-state index in [-0.39, 0.29) is 11.3 Å². The number of hydrogen-bond acceptors (Lipinski definition) is 4. The second-order valence-electron chi connectivity index (χ2n) is 3.56. The fourth-order valence-electron chi connectivity index (χ4n) is 1.31. The Morgan fingerprint density at radius 2 is 2.17 bits per heavy atom. The van der Waals surface area contributed by atoms with E-state index in [0.717, 1.165) is 0 Å². The van der Waals surface area contributed by atoms with Gasteiger partial charge in [-0.15, -0.1) is 0 Å². The molecule has 0 atom stereocenters. The lowest BCUT2D eigenvalue weighted by atomic mass is 10.1. The number of carbonyl (C=O) groups is 1. The van der Waals surface area contributed by atoms with Crippen LogP contribution >= 0.6 is 0 Å². The van der Waals surface area contributed by atoms with Gasteiger partial charge in [0.15, 0.2) is 0 Å². The van der Waals surface area contributed by atoms with Crippen molar-refractivity contribution in [1.29, 1.82) is 0 Å². The molecule has 0 radical (unpaired) electrons. The van der Waals surface area contributed by atoms with Gasteiger partial charge in [-0.3, -0.25) is 4.79 Å². The number of methoxy groups -OCH3 is 1. The normalized spacial score (nSPS) is 10.3. The van der Waals surface area contributed by atoms with E-state index >= 15 is 0 Å². The molecule has 18 heavy (non-hydrogen) atoms. The number of hydrogen-bond donors (Lipinski definition) is 2. The van der Waals surface area contributed by atoms with Crippen LogP contribution < -0.4 is 11.1 Å². The van der Waals surface area contributed by atoms with E-state index in [1.165, 1.54) is 18.2 Å². The number of nitrogens with one attached hydrogen (secondary N) is 1. The smallest absolute Gasteiger partial charge is 0.253 e. The highest BCUT2D eigenvalue weighted by Crippen LogP contribution is 2.15. The van der Waals surface area contributed by atoms with Crippen LogP contribution in [0.3, 0.4) is 0 Å². The van der Waals surface area contributed by atoms with Gasteiger partial charge < -0.3 is 20.5 Å². The third kappa shape index (κ3) is 4.31. The number of nitrogen functional groups attached to an aromatic ring is 1. The second-order valence-corrected chi connectivity index (χ2v) is 3.56. The summed E-state index contributed by atoms with van der Waals surface area (Å²) in [6, 6.07) is 4.12. The van der Waals surface area contributed by atoms with Gasteiger partial charge in [-0.25, -0.2) is 4.39 Å². The molecule has 0 spiro atoms. The first kappa shape index (κ1) is 14.4.